The maximum Gasteiger partial charge on any atom is 0.243 e. The Balaban J connectivity index is 1.73. The number of aliphatic imine (C=N–C) groups is 1. The molecule has 0 heterocycles. The maximum absolute atomic E-state index is 11.8. The van der Waals surface area contributed by atoms with E-state index in [0.29, 0.717) is 12.0 Å². The van der Waals surface area contributed by atoms with E-state index in [2.05, 4.69) is 20.9 Å². The van der Waals surface area contributed by atoms with Crippen molar-refractivity contribution in [3.63, 3.8) is 0 Å². The summed E-state index contributed by atoms with van der Waals surface area (Å²) in [6.07, 6.45) is 4.89. The Labute approximate surface area is 119 Å². The van der Waals surface area contributed by atoms with Gasteiger partial charge in [0.05, 0.1) is 6.54 Å². The van der Waals surface area contributed by atoms with Crippen LogP contribution in [0, 0.1) is 0 Å². The second kappa shape index (κ2) is 7.53. The lowest BCUT2D eigenvalue weighted by Gasteiger charge is -2.16. The minimum Gasteiger partial charge on any atom is -0.354 e. The Morgan fingerprint density at radius 3 is 2.60 bits per heavy atom. The van der Waals surface area contributed by atoms with Gasteiger partial charge in [-0.2, -0.15) is 0 Å². The van der Waals surface area contributed by atoms with Crippen LogP contribution in [0.3, 0.4) is 0 Å². The van der Waals surface area contributed by atoms with Gasteiger partial charge in [0, 0.05) is 18.8 Å². The van der Waals surface area contributed by atoms with Crippen LogP contribution in [-0.4, -0.2) is 31.5 Å². The van der Waals surface area contributed by atoms with Crippen LogP contribution < -0.4 is 16.0 Å². The van der Waals surface area contributed by atoms with Gasteiger partial charge in [-0.05, 0) is 25.0 Å². The number of anilines is 1. The van der Waals surface area contributed by atoms with Crippen molar-refractivity contribution in [2.24, 2.45) is 4.99 Å². The van der Waals surface area contributed by atoms with Gasteiger partial charge in [0.25, 0.3) is 0 Å². The first-order valence-electron chi connectivity index (χ1n) is 7.10. The lowest BCUT2D eigenvalue weighted by atomic mass is 10.2. The van der Waals surface area contributed by atoms with E-state index in [-0.39, 0.29) is 12.5 Å². The van der Waals surface area contributed by atoms with Gasteiger partial charge in [-0.3, -0.25) is 9.79 Å². The predicted octanol–water partition coefficient (Wildman–Crippen LogP) is 1.73. The molecule has 1 saturated carbocycles. The Hall–Kier alpha value is -2.04. The van der Waals surface area contributed by atoms with E-state index in [4.69, 9.17) is 0 Å². The number of nitrogens with zero attached hydrogens (tertiary/aromatic N) is 1. The van der Waals surface area contributed by atoms with E-state index < -0.39 is 0 Å². The van der Waals surface area contributed by atoms with Crippen molar-refractivity contribution in [2.75, 3.05) is 18.9 Å². The summed E-state index contributed by atoms with van der Waals surface area (Å²) >= 11 is 0. The number of hydrogen-bond acceptors (Lipinski definition) is 2. The number of rotatable bonds is 4. The number of amides is 1. The first-order valence-corrected chi connectivity index (χ1v) is 7.10. The summed E-state index contributed by atoms with van der Waals surface area (Å²) < 4.78 is 0. The first kappa shape index (κ1) is 14.4. The molecule has 0 aliphatic heterocycles. The molecule has 0 unspecified atom stereocenters. The van der Waals surface area contributed by atoms with Crippen molar-refractivity contribution in [1.29, 1.82) is 0 Å². The molecule has 20 heavy (non-hydrogen) atoms. The van der Waals surface area contributed by atoms with E-state index in [1.54, 1.807) is 7.05 Å². The summed E-state index contributed by atoms with van der Waals surface area (Å²) in [5, 5.41) is 9.22. The van der Waals surface area contributed by atoms with E-state index in [9.17, 15) is 4.79 Å². The molecule has 5 heteroatoms. The van der Waals surface area contributed by atoms with Crippen LogP contribution in [0.4, 0.5) is 5.69 Å². The van der Waals surface area contributed by atoms with Gasteiger partial charge < -0.3 is 16.0 Å². The zero-order valence-corrected chi connectivity index (χ0v) is 11.9. The molecule has 108 valence electrons. The number of carbonyl (C=O) groups is 1. The molecule has 0 bridgehead atoms. The molecule has 1 aromatic rings. The molecular weight excluding hydrogens is 252 g/mol. The number of benzene rings is 1. The molecule has 0 aromatic heterocycles. The van der Waals surface area contributed by atoms with Crippen molar-refractivity contribution in [3.05, 3.63) is 30.3 Å². The van der Waals surface area contributed by atoms with Crippen molar-refractivity contribution in [1.82, 2.24) is 10.6 Å². The largest absolute Gasteiger partial charge is 0.354 e. The summed E-state index contributed by atoms with van der Waals surface area (Å²) in [6.45, 7) is 0.210. The Morgan fingerprint density at radius 2 is 1.95 bits per heavy atom. The summed E-state index contributed by atoms with van der Waals surface area (Å²) in [6, 6.07) is 9.92. The fraction of sp³-hybridized carbons (Fsp3) is 0.467. The van der Waals surface area contributed by atoms with Gasteiger partial charge in [0.2, 0.25) is 5.91 Å². The van der Waals surface area contributed by atoms with Crippen molar-refractivity contribution in [3.8, 4) is 0 Å². The fourth-order valence-electron chi connectivity index (χ4n) is 2.35. The molecule has 1 aromatic carbocycles. The molecule has 1 fully saturated rings. The van der Waals surface area contributed by atoms with E-state index in [0.717, 1.165) is 5.69 Å². The molecule has 1 aliphatic carbocycles. The van der Waals surface area contributed by atoms with E-state index >= 15 is 0 Å². The van der Waals surface area contributed by atoms with Crippen molar-refractivity contribution in [2.45, 2.75) is 31.7 Å². The van der Waals surface area contributed by atoms with Crippen molar-refractivity contribution < 1.29 is 4.79 Å². The monoisotopic (exact) mass is 274 g/mol. The first-order chi connectivity index (χ1) is 9.78. The molecule has 0 radical (unpaired) electrons. The smallest absolute Gasteiger partial charge is 0.243 e. The number of carbonyl (C=O) groups excluding carboxylic acids is 1. The highest BCUT2D eigenvalue weighted by atomic mass is 16.1. The lowest BCUT2D eigenvalue weighted by molar-refractivity contribution is -0.115. The third-order valence-electron chi connectivity index (χ3n) is 3.39. The van der Waals surface area contributed by atoms with Gasteiger partial charge >= 0.3 is 0 Å². The highest BCUT2D eigenvalue weighted by Crippen LogP contribution is 2.17. The molecule has 0 saturated heterocycles. The maximum atomic E-state index is 11.8. The summed E-state index contributed by atoms with van der Waals surface area (Å²) in [5.74, 6) is 0.616. The summed E-state index contributed by atoms with van der Waals surface area (Å²) in [5.41, 5.74) is 0.804. The van der Waals surface area contributed by atoms with Crippen LogP contribution in [0.5, 0.6) is 0 Å². The second-order valence-electron chi connectivity index (χ2n) is 4.97. The molecule has 0 atom stereocenters. The predicted molar refractivity (Wildman–Crippen MR) is 81.8 cm³/mol. The van der Waals surface area contributed by atoms with Crippen LogP contribution in [0.1, 0.15) is 25.7 Å². The third-order valence-corrected chi connectivity index (χ3v) is 3.39. The number of hydrogen-bond donors (Lipinski definition) is 3. The van der Waals surface area contributed by atoms with Crippen LogP contribution in [-0.2, 0) is 4.79 Å². The van der Waals surface area contributed by atoms with Gasteiger partial charge in [-0.25, -0.2) is 0 Å². The Morgan fingerprint density at radius 1 is 1.25 bits per heavy atom. The van der Waals surface area contributed by atoms with Gasteiger partial charge in [0.1, 0.15) is 0 Å². The van der Waals surface area contributed by atoms with Crippen LogP contribution in [0.2, 0.25) is 0 Å². The fourth-order valence-corrected chi connectivity index (χ4v) is 2.35. The molecule has 2 rings (SSSR count). The SMILES string of the molecule is CN=C(NCC(=O)Nc1ccccc1)NC1CCCC1. The quantitative estimate of drug-likeness (QED) is 0.579. The number of guanidine groups is 1. The minimum absolute atomic E-state index is 0.0782. The van der Waals surface area contributed by atoms with Gasteiger partial charge in [0.15, 0.2) is 5.96 Å². The Kier molecular flexibility index (Phi) is 5.41. The average Bonchev–Trinajstić information content (AvgIpc) is 2.97. The topological polar surface area (TPSA) is 65.5 Å². The highest BCUT2D eigenvalue weighted by Gasteiger charge is 2.16. The van der Waals surface area contributed by atoms with Crippen LogP contribution in [0.15, 0.2) is 35.3 Å². The molecule has 3 N–H and O–H groups in total. The lowest BCUT2D eigenvalue weighted by Crippen LogP contribution is -2.45. The Bertz CT molecular complexity index is 452. The van der Waals surface area contributed by atoms with Gasteiger partial charge in [-0.15, -0.1) is 0 Å². The van der Waals surface area contributed by atoms with Crippen LogP contribution in [0.25, 0.3) is 0 Å². The standard InChI is InChI=1S/C15H22N4O/c1-16-15(19-13-9-5-6-10-13)17-11-14(20)18-12-7-3-2-4-8-12/h2-4,7-8,13H,5-6,9-11H2,1H3,(H,18,20)(H2,16,17,19). The second-order valence-corrected chi connectivity index (χ2v) is 4.97. The van der Waals surface area contributed by atoms with Crippen molar-refractivity contribution >= 4 is 17.6 Å². The molecule has 0 spiro atoms. The minimum atomic E-state index is -0.0782. The zero-order chi connectivity index (χ0) is 14.2. The molecule has 1 amide bonds. The molecule has 5 nitrogen and oxygen atoms in total. The van der Waals surface area contributed by atoms with E-state index in [1.807, 2.05) is 30.3 Å². The molecule has 1 aliphatic rings. The summed E-state index contributed by atoms with van der Waals surface area (Å²) in [7, 11) is 1.72. The third kappa shape index (κ3) is 4.57. The average molecular weight is 274 g/mol. The van der Waals surface area contributed by atoms with E-state index in [1.165, 1.54) is 25.7 Å². The van der Waals surface area contributed by atoms with Gasteiger partial charge in [-0.1, -0.05) is 31.0 Å². The summed E-state index contributed by atoms with van der Waals surface area (Å²) in [4.78, 5) is 16.0. The normalized spacial score (nSPS) is 15.9. The number of nitrogens with one attached hydrogen (secondary N) is 3. The van der Waals surface area contributed by atoms with Crippen LogP contribution >= 0.6 is 0 Å². The number of para-hydroxylation sites is 1. The zero-order valence-electron chi connectivity index (χ0n) is 11.9. The highest BCUT2D eigenvalue weighted by molar-refractivity contribution is 5.94. The molecular formula is C15H22N4O.